The van der Waals surface area contributed by atoms with Crippen LogP contribution in [-0.4, -0.2) is 42.4 Å². The van der Waals surface area contributed by atoms with Crippen molar-refractivity contribution in [3.05, 3.63) is 52.4 Å². The molecule has 0 fully saturated rings. The summed E-state index contributed by atoms with van der Waals surface area (Å²) in [6.07, 6.45) is 2.81. The van der Waals surface area contributed by atoms with Gasteiger partial charge in [0.1, 0.15) is 11.5 Å². The largest absolute Gasteiger partial charge is 0.459 e. The molecule has 1 aromatic rings. The maximum Gasteiger partial charge on any atom is 0.245 e. The van der Waals surface area contributed by atoms with Gasteiger partial charge in [0.15, 0.2) is 5.78 Å². The highest BCUT2D eigenvalue weighted by molar-refractivity contribution is 6.43. The Labute approximate surface area is 157 Å². The van der Waals surface area contributed by atoms with Gasteiger partial charge in [0.05, 0.1) is 24.3 Å². The van der Waals surface area contributed by atoms with Gasteiger partial charge in [-0.25, -0.2) is 5.06 Å². The normalized spacial score (nSPS) is 16.3. The number of hydroxylamine groups is 2. The molecule has 0 radical (unpaired) electrons. The lowest BCUT2D eigenvalue weighted by Crippen LogP contribution is -2.29. The lowest BCUT2D eigenvalue weighted by Gasteiger charge is -2.27. The summed E-state index contributed by atoms with van der Waals surface area (Å²) in [6, 6.07) is 7.75. The van der Waals surface area contributed by atoms with Crippen molar-refractivity contribution in [3.8, 4) is 5.75 Å². The molecule has 1 heterocycles. The predicted molar refractivity (Wildman–Crippen MR) is 97.1 cm³/mol. The Morgan fingerprint density at radius 1 is 1.38 bits per heavy atom. The molecule has 1 aliphatic carbocycles. The number of para-hydroxylation sites is 1. The van der Waals surface area contributed by atoms with Crippen LogP contribution in [0.5, 0.6) is 5.75 Å². The van der Waals surface area contributed by atoms with E-state index in [1.165, 1.54) is 12.2 Å². The molecule has 1 aromatic carbocycles. The first-order valence-electron chi connectivity index (χ1n) is 8.44. The highest BCUT2D eigenvalue weighted by atomic mass is 35.5. The highest BCUT2D eigenvalue weighted by Gasteiger charge is 2.28. The third-order valence-electron chi connectivity index (χ3n) is 4.49. The van der Waals surface area contributed by atoms with E-state index in [1.807, 2.05) is 24.3 Å². The van der Waals surface area contributed by atoms with Gasteiger partial charge in [0.2, 0.25) is 5.91 Å². The highest BCUT2D eigenvalue weighted by Crippen LogP contribution is 2.35. The van der Waals surface area contributed by atoms with Gasteiger partial charge in [-0.15, -0.1) is 0 Å². The molecule has 3 rings (SSSR count). The number of Topliss-reactive ketones (excluding diaryl/α,β-unsaturated/α-hetero) is 1. The number of benzene rings is 1. The summed E-state index contributed by atoms with van der Waals surface area (Å²) in [5, 5.41) is 1.43. The molecule has 7 heteroatoms. The Kier molecular flexibility index (Phi) is 5.64. The third-order valence-corrected chi connectivity index (χ3v) is 4.81. The second-order valence-electron chi connectivity index (χ2n) is 6.21. The van der Waals surface area contributed by atoms with E-state index in [0.29, 0.717) is 31.7 Å². The van der Waals surface area contributed by atoms with Crippen LogP contribution in [0.3, 0.4) is 0 Å². The fourth-order valence-corrected chi connectivity index (χ4v) is 3.17. The number of rotatable bonds is 5. The Morgan fingerprint density at radius 2 is 2.15 bits per heavy atom. The second kappa shape index (κ2) is 7.93. The van der Waals surface area contributed by atoms with Gasteiger partial charge in [-0.3, -0.25) is 14.4 Å². The smallest absolute Gasteiger partial charge is 0.245 e. The van der Waals surface area contributed by atoms with Crippen LogP contribution in [0.25, 0.3) is 0 Å². The molecule has 0 bridgehead atoms. The average Bonchev–Trinajstić information content (AvgIpc) is 2.78. The molecule has 6 nitrogen and oxygen atoms in total. The van der Waals surface area contributed by atoms with E-state index in [9.17, 15) is 9.59 Å². The standard InChI is InChI=1S/C19H21ClN2O4/c1-21(25-2)19(24)8-5-9-22-12-13-6-3-4-7-17(13)26-18-11-16(23)14(20)10-15(18)22/h3-4,6-7,10H,5,8-9,11-12H2,1-2H3. The summed E-state index contributed by atoms with van der Waals surface area (Å²) < 4.78 is 6.01. The molecule has 0 unspecified atom stereocenters. The molecule has 0 atom stereocenters. The van der Waals surface area contributed by atoms with E-state index in [4.69, 9.17) is 21.2 Å². The van der Waals surface area contributed by atoms with Crippen molar-refractivity contribution in [2.75, 3.05) is 20.7 Å². The quantitative estimate of drug-likeness (QED) is 0.739. The molecule has 0 spiro atoms. The lowest BCUT2D eigenvalue weighted by molar-refractivity contribution is -0.168. The maximum atomic E-state index is 12.0. The van der Waals surface area contributed by atoms with Crippen LogP contribution in [-0.2, 0) is 21.0 Å². The SMILES string of the molecule is CON(C)C(=O)CCCN1Cc2ccccc2OC2=C1C=C(Cl)C(=O)C2. The number of carbonyl (C=O) groups excluding carboxylic acids is 2. The minimum Gasteiger partial charge on any atom is -0.459 e. The monoisotopic (exact) mass is 376 g/mol. The van der Waals surface area contributed by atoms with Gasteiger partial charge in [-0.1, -0.05) is 29.8 Å². The van der Waals surface area contributed by atoms with Crippen molar-refractivity contribution in [3.63, 3.8) is 0 Å². The minimum absolute atomic E-state index is 0.0828. The predicted octanol–water partition coefficient (Wildman–Crippen LogP) is 2.99. The van der Waals surface area contributed by atoms with E-state index in [0.717, 1.165) is 17.0 Å². The molecule has 0 saturated heterocycles. The van der Waals surface area contributed by atoms with Crippen molar-refractivity contribution >= 4 is 23.3 Å². The fraction of sp³-hybridized carbons (Fsp3) is 0.368. The summed E-state index contributed by atoms with van der Waals surface area (Å²) in [7, 11) is 3.05. The van der Waals surface area contributed by atoms with E-state index in [2.05, 4.69) is 4.90 Å². The van der Waals surface area contributed by atoms with Crippen molar-refractivity contribution in [2.24, 2.45) is 0 Å². The van der Waals surface area contributed by atoms with E-state index >= 15 is 0 Å². The Hall–Kier alpha value is -2.31. The van der Waals surface area contributed by atoms with Gasteiger partial charge in [0, 0.05) is 32.1 Å². The van der Waals surface area contributed by atoms with Crippen LogP contribution >= 0.6 is 11.6 Å². The van der Waals surface area contributed by atoms with Crippen molar-refractivity contribution < 1.29 is 19.2 Å². The molecule has 0 saturated carbocycles. The molecule has 26 heavy (non-hydrogen) atoms. The first kappa shape index (κ1) is 18.5. The zero-order chi connectivity index (χ0) is 18.7. The Morgan fingerprint density at radius 3 is 2.92 bits per heavy atom. The summed E-state index contributed by atoms with van der Waals surface area (Å²) in [5.41, 5.74) is 1.83. The third kappa shape index (κ3) is 3.92. The van der Waals surface area contributed by atoms with Crippen LogP contribution in [0.15, 0.2) is 46.8 Å². The van der Waals surface area contributed by atoms with Gasteiger partial charge in [-0.05, 0) is 18.6 Å². The molecular formula is C19H21ClN2O4. The number of allylic oxidation sites excluding steroid dienone is 3. The molecule has 1 amide bonds. The van der Waals surface area contributed by atoms with Crippen molar-refractivity contribution in [1.29, 1.82) is 0 Å². The number of amides is 1. The number of hydrogen-bond acceptors (Lipinski definition) is 5. The summed E-state index contributed by atoms with van der Waals surface area (Å²) in [5.74, 6) is 1.11. The van der Waals surface area contributed by atoms with Crippen molar-refractivity contribution in [2.45, 2.75) is 25.8 Å². The summed E-state index contributed by atoms with van der Waals surface area (Å²) in [4.78, 5) is 30.9. The minimum atomic E-state index is -0.151. The Bertz CT molecular complexity index is 787. The molecular weight excluding hydrogens is 356 g/mol. The zero-order valence-electron chi connectivity index (χ0n) is 14.8. The second-order valence-corrected chi connectivity index (χ2v) is 6.62. The van der Waals surface area contributed by atoms with E-state index < -0.39 is 0 Å². The fourth-order valence-electron chi connectivity index (χ4n) is 3.00. The molecule has 0 aromatic heterocycles. The van der Waals surface area contributed by atoms with Gasteiger partial charge in [0.25, 0.3) is 0 Å². The zero-order valence-corrected chi connectivity index (χ0v) is 15.6. The van der Waals surface area contributed by atoms with Crippen molar-refractivity contribution in [1.82, 2.24) is 9.96 Å². The number of carbonyl (C=O) groups is 2. The number of nitrogens with zero attached hydrogens (tertiary/aromatic N) is 2. The van der Waals surface area contributed by atoms with Crippen LogP contribution in [0, 0.1) is 0 Å². The number of ether oxygens (including phenoxy) is 1. The molecule has 1 aliphatic heterocycles. The lowest BCUT2D eigenvalue weighted by atomic mass is 10.1. The summed E-state index contributed by atoms with van der Waals surface area (Å²) >= 11 is 6.08. The van der Waals surface area contributed by atoms with Crippen LogP contribution < -0.4 is 4.74 Å². The number of fused-ring (bicyclic) bond motifs is 1. The van der Waals surface area contributed by atoms with Crippen LogP contribution in [0.4, 0.5) is 0 Å². The van der Waals surface area contributed by atoms with E-state index in [1.54, 1.807) is 13.1 Å². The van der Waals surface area contributed by atoms with Crippen LogP contribution in [0.1, 0.15) is 24.8 Å². The van der Waals surface area contributed by atoms with E-state index in [-0.39, 0.29) is 23.1 Å². The molecule has 0 N–H and O–H groups in total. The van der Waals surface area contributed by atoms with Gasteiger partial charge >= 0.3 is 0 Å². The maximum absolute atomic E-state index is 12.0. The average molecular weight is 377 g/mol. The first-order chi connectivity index (χ1) is 12.5. The van der Waals surface area contributed by atoms with Crippen LogP contribution in [0.2, 0.25) is 0 Å². The molecule has 2 aliphatic rings. The topological polar surface area (TPSA) is 59.1 Å². The van der Waals surface area contributed by atoms with Gasteiger partial charge in [-0.2, -0.15) is 0 Å². The van der Waals surface area contributed by atoms with Gasteiger partial charge < -0.3 is 9.64 Å². The summed E-state index contributed by atoms with van der Waals surface area (Å²) in [6.45, 7) is 1.26. The number of ketones is 1. The molecule has 138 valence electrons. The first-order valence-corrected chi connectivity index (χ1v) is 8.82. The number of hydrogen-bond donors (Lipinski definition) is 0. The Balaban J connectivity index is 1.81. The number of halogens is 1.